The summed E-state index contributed by atoms with van der Waals surface area (Å²) < 4.78 is 0. The van der Waals surface area contributed by atoms with Gasteiger partial charge in [0, 0.05) is 12.6 Å². The maximum atomic E-state index is 4.43. The van der Waals surface area contributed by atoms with Crippen LogP contribution in [0.5, 0.6) is 0 Å². The molecule has 0 spiro atoms. The standard InChI is InChI=1S/C11H23NS/c1-9(2)11(8-13)7-12-6-4-5-10(12)3/h9-11,13H,4-8H2,1-3H3. The lowest BCUT2D eigenvalue weighted by Crippen LogP contribution is -2.34. The predicted molar refractivity (Wildman–Crippen MR) is 62.5 cm³/mol. The van der Waals surface area contributed by atoms with Crippen molar-refractivity contribution in [2.75, 3.05) is 18.8 Å². The van der Waals surface area contributed by atoms with Gasteiger partial charge in [0.25, 0.3) is 0 Å². The van der Waals surface area contributed by atoms with Crippen molar-refractivity contribution in [2.24, 2.45) is 11.8 Å². The van der Waals surface area contributed by atoms with Crippen LogP contribution in [0.1, 0.15) is 33.6 Å². The van der Waals surface area contributed by atoms with E-state index in [1.54, 1.807) is 0 Å². The summed E-state index contributed by atoms with van der Waals surface area (Å²) in [5, 5.41) is 0. The Morgan fingerprint density at radius 2 is 2.15 bits per heavy atom. The van der Waals surface area contributed by atoms with Gasteiger partial charge in [-0.3, -0.25) is 0 Å². The lowest BCUT2D eigenvalue weighted by molar-refractivity contribution is 0.209. The highest BCUT2D eigenvalue weighted by atomic mass is 32.1. The second kappa shape index (κ2) is 5.26. The molecule has 1 aliphatic rings. The lowest BCUT2D eigenvalue weighted by atomic mass is 9.97. The quantitative estimate of drug-likeness (QED) is 0.684. The second-order valence-electron chi connectivity index (χ2n) is 4.67. The smallest absolute Gasteiger partial charge is 0.00675 e. The van der Waals surface area contributed by atoms with Crippen LogP contribution in [0.2, 0.25) is 0 Å². The van der Waals surface area contributed by atoms with E-state index in [0.29, 0.717) is 0 Å². The Morgan fingerprint density at radius 1 is 1.46 bits per heavy atom. The number of hydrogen-bond acceptors (Lipinski definition) is 2. The SMILES string of the molecule is CC(C)C(CS)CN1CCCC1C. The fraction of sp³-hybridized carbons (Fsp3) is 1.00. The van der Waals surface area contributed by atoms with E-state index in [2.05, 4.69) is 38.3 Å². The Labute approximate surface area is 88.3 Å². The van der Waals surface area contributed by atoms with Crippen LogP contribution in [0.3, 0.4) is 0 Å². The second-order valence-corrected chi connectivity index (χ2v) is 5.04. The average Bonchev–Trinajstić information content (AvgIpc) is 2.46. The minimum Gasteiger partial charge on any atom is -0.300 e. The van der Waals surface area contributed by atoms with Gasteiger partial charge in [0.15, 0.2) is 0 Å². The highest BCUT2D eigenvalue weighted by Gasteiger charge is 2.23. The molecule has 2 atom stereocenters. The van der Waals surface area contributed by atoms with Gasteiger partial charge in [-0.2, -0.15) is 12.6 Å². The fourth-order valence-electron chi connectivity index (χ4n) is 2.04. The van der Waals surface area contributed by atoms with Crippen LogP contribution in [0.15, 0.2) is 0 Å². The van der Waals surface area contributed by atoms with Gasteiger partial charge in [-0.15, -0.1) is 0 Å². The van der Waals surface area contributed by atoms with E-state index in [1.807, 2.05) is 0 Å². The largest absolute Gasteiger partial charge is 0.300 e. The molecule has 0 saturated carbocycles. The number of rotatable bonds is 4. The molecule has 0 amide bonds. The molecular weight excluding hydrogens is 178 g/mol. The van der Waals surface area contributed by atoms with Gasteiger partial charge in [-0.05, 0) is 43.9 Å². The summed E-state index contributed by atoms with van der Waals surface area (Å²) in [5.74, 6) is 2.56. The molecule has 78 valence electrons. The zero-order chi connectivity index (χ0) is 9.84. The van der Waals surface area contributed by atoms with Crippen molar-refractivity contribution in [3.8, 4) is 0 Å². The summed E-state index contributed by atoms with van der Waals surface area (Å²) >= 11 is 4.43. The molecule has 1 nitrogen and oxygen atoms in total. The third-order valence-corrected chi connectivity index (χ3v) is 3.81. The molecule has 1 aliphatic heterocycles. The molecule has 2 unspecified atom stereocenters. The van der Waals surface area contributed by atoms with E-state index in [1.165, 1.54) is 25.9 Å². The first-order chi connectivity index (χ1) is 6.15. The summed E-state index contributed by atoms with van der Waals surface area (Å²) in [4.78, 5) is 2.63. The van der Waals surface area contributed by atoms with Crippen molar-refractivity contribution in [3.63, 3.8) is 0 Å². The third kappa shape index (κ3) is 3.17. The zero-order valence-corrected chi connectivity index (χ0v) is 10.1. The number of nitrogens with zero attached hydrogens (tertiary/aromatic N) is 1. The van der Waals surface area contributed by atoms with Crippen LogP contribution in [0, 0.1) is 11.8 Å². The van der Waals surface area contributed by atoms with E-state index in [0.717, 1.165) is 23.6 Å². The summed E-state index contributed by atoms with van der Waals surface area (Å²) in [7, 11) is 0. The Morgan fingerprint density at radius 3 is 2.54 bits per heavy atom. The number of likely N-dealkylation sites (tertiary alicyclic amines) is 1. The first-order valence-electron chi connectivity index (χ1n) is 5.50. The summed E-state index contributed by atoms with van der Waals surface area (Å²) in [6, 6.07) is 0.807. The minimum absolute atomic E-state index is 0.767. The molecular formula is C11H23NS. The summed E-state index contributed by atoms with van der Waals surface area (Å²) in [6.07, 6.45) is 2.77. The molecule has 0 bridgehead atoms. The normalized spacial score (nSPS) is 27.0. The fourth-order valence-corrected chi connectivity index (χ4v) is 2.58. The van der Waals surface area contributed by atoms with Gasteiger partial charge in [-0.1, -0.05) is 13.8 Å². The van der Waals surface area contributed by atoms with Crippen molar-refractivity contribution in [1.82, 2.24) is 4.90 Å². The molecule has 0 aromatic heterocycles. The van der Waals surface area contributed by atoms with Crippen LogP contribution in [-0.2, 0) is 0 Å². The molecule has 1 heterocycles. The van der Waals surface area contributed by atoms with Crippen molar-refractivity contribution in [2.45, 2.75) is 39.7 Å². The van der Waals surface area contributed by atoms with Crippen molar-refractivity contribution in [1.29, 1.82) is 0 Å². The van der Waals surface area contributed by atoms with Gasteiger partial charge in [0.05, 0.1) is 0 Å². The van der Waals surface area contributed by atoms with Gasteiger partial charge < -0.3 is 4.90 Å². The summed E-state index contributed by atoms with van der Waals surface area (Å²) in [6.45, 7) is 9.52. The molecule has 1 fully saturated rings. The predicted octanol–water partition coefficient (Wildman–Crippen LogP) is 2.67. The maximum Gasteiger partial charge on any atom is 0.00675 e. The van der Waals surface area contributed by atoms with Crippen LogP contribution < -0.4 is 0 Å². The number of hydrogen-bond donors (Lipinski definition) is 1. The molecule has 0 aliphatic carbocycles. The zero-order valence-electron chi connectivity index (χ0n) is 9.16. The maximum absolute atomic E-state index is 4.43. The van der Waals surface area contributed by atoms with Crippen LogP contribution in [-0.4, -0.2) is 29.8 Å². The van der Waals surface area contributed by atoms with E-state index in [-0.39, 0.29) is 0 Å². The van der Waals surface area contributed by atoms with E-state index >= 15 is 0 Å². The highest BCUT2D eigenvalue weighted by molar-refractivity contribution is 7.80. The van der Waals surface area contributed by atoms with Crippen LogP contribution in [0.25, 0.3) is 0 Å². The molecule has 2 heteroatoms. The first kappa shape index (κ1) is 11.4. The number of thiol groups is 1. The molecule has 1 rings (SSSR count). The van der Waals surface area contributed by atoms with Gasteiger partial charge >= 0.3 is 0 Å². The Kier molecular flexibility index (Phi) is 4.60. The summed E-state index contributed by atoms with van der Waals surface area (Å²) in [5.41, 5.74) is 0. The van der Waals surface area contributed by atoms with Gasteiger partial charge in [0.1, 0.15) is 0 Å². The van der Waals surface area contributed by atoms with Gasteiger partial charge in [0.2, 0.25) is 0 Å². The van der Waals surface area contributed by atoms with E-state index in [4.69, 9.17) is 0 Å². The first-order valence-corrected chi connectivity index (χ1v) is 6.13. The molecule has 1 saturated heterocycles. The molecule has 0 N–H and O–H groups in total. The molecule has 13 heavy (non-hydrogen) atoms. The third-order valence-electron chi connectivity index (χ3n) is 3.34. The van der Waals surface area contributed by atoms with E-state index in [9.17, 15) is 0 Å². The van der Waals surface area contributed by atoms with Gasteiger partial charge in [-0.25, -0.2) is 0 Å². The minimum atomic E-state index is 0.767. The van der Waals surface area contributed by atoms with Crippen molar-refractivity contribution >= 4 is 12.6 Å². The van der Waals surface area contributed by atoms with E-state index < -0.39 is 0 Å². The van der Waals surface area contributed by atoms with Crippen molar-refractivity contribution < 1.29 is 0 Å². The Bertz CT molecular complexity index is 147. The Hall–Kier alpha value is 0.310. The molecule has 0 aromatic carbocycles. The monoisotopic (exact) mass is 201 g/mol. The highest BCUT2D eigenvalue weighted by Crippen LogP contribution is 2.21. The molecule has 0 aromatic rings. The van der Waals surface area contributed by atoms with Crippen LogP contribution in [0.4, 0.5) is 0 Å². The average molecular weight is 201 g/mol. The van der Waals surface area contributed by atoms with Crippen molar-refractivity contribution in [3.05, 3.63) is 0 Å². The van der Waals surface area contributed by atoms with Crippen LogP contribution >= 0.6 is 12.6 Å². The lowest BCUT2D eigenvalue weighted by Gasteiger charge is -2.28. The topological polar surface area (TPSA) is 3.24 Å². The Balaban J connectivity index is 2.36. The molecule has 0 radical (unpaired) electrons.